The Morgan fingerprint density at radius 1 is 1.16 bits per heavy atom. The van der Waals surface area contributed by atoms with Crippen LogP contribution >= 0.6 is 0 Å². The van der Waals surface area contributed by atoms with Crippen LogP contribution in [0.2, 0.25) is 0 Å². The number of aromatic nitrogens is 1. The SMILES string of the molecule is Cc1ccc2c(c1)/C(=N\OCCCCCCC(=O)NO)C(c1c(O)[nH]c3ccccc13)=N2. The van der Waals surface area contributed by atoms with Crippen LogP contribution in [0.25, 0.3) is 10.9 Å². The summed E-state index contributed by atoms with van der Waals surface area (Å²) in [5.41, 5.74) is 7.00. The molecule has 1 aliphatic rings. The molecular weight excluding hydrogens is 408 g/mol. The van der Waals surface area contributed by atoms with Gasteiger partial charge in [0, 0.05) is 22.9 Å². The molecule has 1 aliphatic heterocycles. The summed E-state index contributed by atoms with van der Waals surface area (Å²) in [4.78, 5) is 24.4. The number of para-hydroxylation sites is 1. The quantitative estimate of drug-likeness (QED) is 0.225. The molecule has 0 saturated carbocycles. The van der Waals surface area contributed by atoms with Crippen molar-refractivity contribution in [2.45, 2.75) is 39.0 Å². The first-order valence-corrected chi connectivity index (χ1v) is 10.7. The number of nitrogens with one attached hydrogen (secondary N) is 2. The number of hydrogen-bond donors (Lipinski definition) is 4. The summed E-state index contributed by atoms with van der Waals surface area (Å²) in [7, 11) is 0. The molecule has 4 N–H and O–H groups in total. The number of rotatable bonds is 9. The van der Waals surface area contributed by atoms with Gasteiger partial charge in [-0.05, 0) is 44.4 Å². The normalized spacial score (nSPS) is 13.9. The second-order valence-corrected chi connectivity index (χ2v) is 7.85. The van der Waals surface area contributed by atoms with E-state index in [1.165, 1.54) is 0 Å². The Morgan fingerprint density at radius 2 is 1.97 bits per heavy atom. The fourth-order valence-electron chi connectivity index (χ4n) is 3.84. The number of aryl methyl sites for hydroxylation is 1. The number of hydroxylamine groups is 1. The highest BCUT2D eigenvalue weighted by molar-refractivity contribution is 6.58. The molecule has 0 unspecified atom stereocenters. The Kier molecular flexibility index (Phi) is 6.51. The van der Waals surface area contributed by atoms with E-state index in [0.717, 1.165) is 47.0 Å². The van der Waals surface area contributed by atoms with Crippen LogP contribution in [0.4, 0.5) is 5.69 Å². The third-order valence-corrected chi connectivity index (χ3v) is 5.46. The highest BCUT2D eigenvalue weighted by Gasteiger charge is 2.29. The van der Waals surface area contributed by atoms with Gasteiger partial charge in [-0.1, -0.05) is 41.4 Å². The summed E-state index contributed by atoms with van der Waals surface area (Å²) in [6.07, 6.45) is 3.58. The van der Waals surface area contributed by atoms with Crippen molar-refractivity contribution in [3.05, 3.63) is 59.2 Å². The monoisotopic (exact) mass is 434 g/mol. The average molecular weight is 434 g/mol. The zero-order chi connectivity index (χ0) is 22.5. The first-order valence-electron chi connectivity index (χ1n) is 10.7. The third kappa shape index (κ3) is 4.50. The van der Waals surface area contributed by atoms with Gasteiger partial charge in [0.2, 0.25) is 5.91 Å². The van der Waals surface area contributed by atoms with Gasteiger partial charge < -0.3 is 14.9 Å². The van der Waals surface area contributed by atoms with Crippen LogP contribution in [0.3, 0.4) is 0 Å². The molecule has 3 aromatic rings. The van der Waals surface area contributed by atoms with Crippen molar-refractivity contribution in [3.63, 3.8) is 0 Å². The van der Waals surface area contributed by atoms with Crippen LogP contribution in [-0.4, -0.2) is 39.2 Å². The Bertz CT molecular complexity index is 1200. The standard InChI is InChI=1S/C24H26N4O4/c1-15-11-12-19-17(14-15)22(28-32-13-7-3-2-4-10-20(29)27-31)23(25-19)21-16-8-5-6-9-18(16)26-24(21)30/h5-6,8-9,11-12,14,26,30-31H,2-4,7,10,13H2,1H3,(H,27,29)/b28-22+. The number of amides is 1. The van der Waals surface area contributed by atoms with Crippen molar-refractivity contribution in [2.75, 3.05) is 6.61 Å². The van der Waals surface area contributed by atoms with Gasteiger partial charge >= 0.3 is 0 Å². The number of nitrogens with zero attached hydrogens (tertiary/aromatic N) is 2. The first-order chi connectivity index (χ1) is 15.6. The number of aromatic hydroxyl groups is 1. The number of unbranched alkanes of at least 4 members (excludes halogenated alkanes) is 3. The van der Waals surface area contributed by atoms with Gasteiger partial charge in [0.15, 0.2) is 5.88 Å². The number of benzene rings is 2. The maximum absolute atomic E-state index is 11.0. The summed E-state index contributed by atoms with van der Waals surface area (Å²) >= 11 is 0. The Morgan fingerprint density at radius 3 is 2.81 bits per heavy atom. The molecule has 32 heavy (non-hydrogen) atoms. The number of hydrogen-bond acceptors (Lipinski definition) is 6. The van der Waals surface area contributed by atoms with Crippen LogP contribution in [0, 0.1) is 6.92 Å². The zero-order valence-electron chi connectivity index (χ0n) is 17.9. The van der Waals surface area contributed by atoms with Crippen molar-refractivity contribution >= 4 is 33.9 Å². The summed E-state index contributed by atoms with van der Waals surface area (Å²) in [5, 5.41) is 24.4. The number of aromatic amines is 1. The zero-order valence-corrected chi connectivity index (χ0v) is 17.9. The summed E-state index contributed by atoms with van der Waals surface area (Å²) in [5.74, 6) is -0.315. The molecule has 0 fully saturated rings. The molecule has 0 spiro atoms. The molecule has 166 valence electrons. The number of oxime groups is 1. The third-order valence-electron chi connectivity index (χ3n) is 5.46. The Labute approximate surface area is 185 Å². The van der Waals surface area contributed by atoms with E-state index in [2.05, 4.69) is 10.1 Å². The van der Waals surface area contributed by atoms with Gasteiger partial charge in [0.05, 0.1) is 11.3 Å². The molecule has 0 atom stereocenters. The van der Waals surface area contributed by atoms with E-state index < -0.39 is 0 Å². The van der Waals surface area contributed by atoms with E-state index in [-0.39, 0.29) is 11.8 Å². The second-order valence-electron chi connectivity index (χ2n) is 7.85. The minimum Gasteiger partial charge on any atom is -0.494 e. The van der Waals surface area contributed by atoms with Crippen molar-refractivity contribution < 1.29 is 19.9 Å². The number of aliphatic imine (C=N–C) groups is 1. The topological polar surface area (TPSA) is 119 Å². The van der Waals surface area contributed by atoms with Crippen LogP contribution in [0.5, 0.6) is 5.88 Å². The van der Waals surface area contributed by atoms with E-state index in [4.69, 9.17) is 15.0 Å². The van der Waals surface area contributed by atoms with E-state index >= 15 is 0 Å². The molecule has 0 bridgehead atoms. The molecule has 1 aromatic heterocycles. The number of H-pyrrole nitrogens is 1. The largest absolute Gasteiger partial charge is 0.494 e. The maximum atomic E-state index is 11.0. The predicted molar refractivity (Wildman–Crippen MR) is 123 cm³/mol. The van der Waals surface area contributed by atoms with Gasteiger partial charge in [-0.2, -0.15) is 0 Å². The minimum atomic E-state index is -0.366. The predicted octanol–water partition coefficient (Wildman–Crippen LogP) is 4.49. The molecule has 2 heterocycles. The molecule has 0 saturated heterocycles. The molecule has 2 aromatic carbocycles. The number of carbonyl (C=O) groups excluding carboxylic acids is 1. The Balaban J connectivity index is 1.50. The minimum absolute atomic E-state index is 0.0501. The van der Waals surface area contributed by atoms with E-state index in [0.29, 0.717) is 36.4 Å². The Hall–Kier alpha value is -3.65. The number of carbonyl (C=O) groups is 1. The lowest BCUT2D eigenvalue weighted by Gasteiger charge is -2.06. The van der Waals surface area contributed by atoms with Crippen molar-refractivity contribution in [1.82, 2.24) is 10.5 Å². The van der Waals surface area contributed by atoms with Crippen LogP contribution in [0.1, 0.15) is 48.8 Å². The molecule has 4 rings (SSSR count). The van der Waals surface area contributed by atoms with Crippen molar-refractivity contribution in [1.29, 1.82) is 0 Å². The molecule has 8 nitrogen and oxygen atoms in total. The first kappa shape index (κ1) is 21.6. The van der Waals surface area contributed by atoms with E-state index in [9.17, 15) is 9.90 Å². The lowest BCUT2D eigenvalue weighted by atomic mass is 10.00. The average Bonchev–Trinajstić information content (AvgIpc) is 3.31. The van der Waals surface area contributed by atoms with Gasteiger partial charge in [-0.15, -0.1) is 0 Å². The van der Waals surface area contributed by atoms with Gasteiger partial charge in [-0.25, -0.2) is 10.5 Å². The van der Waals surface area contributed by atoms with E-state index in [1.807, 2.05) is 49.4 Å². The summed E-state index contributed by atoms with van der Waals surface area (Å²) in [6, 6.07) is 13.6. The van der Waals surface area contributed by atoms with Gasteiger partial charge in [0.25, 0.3) is 0 Å². The molecular formula is C24H26N4O4. The van der Waals surface area contributed by atoms with E-state index in [1.54, 1.807) is 5.48 Å². The van der Waals surface area contributed by atoms with Gasteiger partial charge in [0.1, 0.15) is 18.0 Å². The highest BCUT2D eigenvalue weighted by Crippen LogP contribution is 2.36. The molecule has 1 amide bonds. The summed E-state index contributed by atoms with van der Waals surface area (Å²) < 4.78 is 0. The lowest BCUT2D eigenvalue weighted by Crippen LogP contribution is -2.17. The van der Waals surface area contributed by atoms with Gasteiger partial charge in [-0.3, -0.25) is 10.0 Å². The second kappa shape index (κ2) is 9.65. The maximum Gasteiger partial charge on any atom is 0.243 e. The highest BCUT2D eigenvalue weighted by atomic mass is 16.6. The smallest absolute Gasteiger partial charge is 0.243 e. The van der Waals surface area contributed by atoms with Crippen LogP contribution < -0.4 is 5.48 Å². The molecule has 0 radical (unpaired) electrons. The summed E-state index contributed by atoms with van der Waals surface area (Å²) in [6.45, 7) is 2.45. The van der Waals surface area contributed by atoms with Crippen molar-refractivity contribution in [2.24, 2.45) is 10.1 Å². The fraction of sp³-hybridized carbons (Fsp3) is 0.292. The van der Waals surface area contributed by atoms with Crippen molar-refractivity contribution in [3.8, 4) is 5.88 Å². The number of fused-ring (bicyclic) bond motifs is 2. The molecule has 0 aliphatic carbocycles. The fourth-order valence-corrected chi connectivity index (χ4v) is 3.84. The molecule has 8 heteroatoms. The lowest BCUT2D eigenvalue weighted by molar-refractivity contribution is -0.129. The van der Waals surface area contributed by atoms with Crippen LogP contribution in [-0.2, 0) is 9.63 Å². The van der Waals surface area contributed by atoms with Crippen LogP contribution in [0.15, 0.2) is 52.6 Å².